The number of nitrogens with one attached hydrogen (secondary N) is 1. The monoisotopic (exact) mass is 554 g/mol. The molecule has 0 fully saturated rings. The number of fused-ring (bicyclic) bond motifs is 1. The van der Waals surface area contributed by atoms with Gasteiger partial charge in [-0.25, -0.2) is 4.98 Å². The molecule has 0 aliphatic carbocycles. The normalized spacial score (nSPS) is 11.9. The van der Waals surface area contributed by atoms with Gasteiger partial charge in [0, 0.05) is 5.56 Å². The van der Waals surface area contributed by atoms with Crippen LogP contribution in [0.25, 0.3) is 22.2 Å². The fraction of sp³-hybridized carbons (Fsp3) is 0.606. The molecule has 0 amide bonds. The molecule has 216 valence electrons. The molecule has 0 unspecified atom stereocenters. The molecule has 39 heavy (non-hydrogen) atoms. The van der Waals surface area contributed by atoms with Crippen molar-refractivity contribution in [2.75, 3.05) is 0 Å². The Balaban J connectivity index is 1.31. The lowest BCUT2D eigenvalue weighted by Gasteiger charge is -2.11. The molecule has 1 aromatic heterocycles. The van der Waals surface area contributed by atoms with Crippen LogP contribution < -0.4 is 0 Å². The van der Waals surface area contributed by atoms with Crippen LogP contribution in [0.15, 0.2) is 47.6 Å². The van der Waals surface area contributed by atoms with E-state index >= 15 is 0 Å². The van der Waals surface area contributed by atoms with Crippen LogP contribution in [0.2, 0.25) is 0 Å². The van der Waals surface area contributed by atoms with Crippen molar-refractivity contribution < 1.29 is 13.0 Å². The van der Waals surface area contributed by atoms with Crippen LogP contribution in [0.3, 0.4) is 0 Å². The molecule has 0 aliphatic rings. The van der Waals surface area contributed by atoms with Gasteiger partial charge in [-0.3, -0.25) is 4.55 Å². The Hall–Kier alpha value is -2.18. The molecule has 5 nitrogen and oxygen atoms in total. The molecule has 0 spiro atoms. The Morgan fingerprint density at radius 3 is 1.64 bits per heavy atom. The zero-order valence-electron chi connectivity index (χ0n) is 24.1. The van der Waals surface area contributed by atoms with Crippen molar-refractivity contribution >= 4 is 21.2 Å². The van der Waals surface area contributed by atoms with Crippen molar-refractivity contribution in [1.29, 1.82) is 0 Å². The predicted octanol–water partition coefficient (Wildman–Crippen LogP) is 10.1. The van der Waals surface area contributed by atoms with Crippen LogP contribution in [-0.2, 0) is 16.5 Å². The average molecular weight is 555 g/mol. The maximum absolute atomic E-state index is 11.7. The minimum absolute atomic E-state index is 0.403. The summed E-state index contributed by atoms with van der Waals surface area (Å²) in [4.78, 5) is 6.96. The molecule has 2 N–H and O–H groups in total. The summed E-state index contributed by atoms with van der Waals surface area (Å²) in [5.41, 5.74) is 4.38. The lowest BCUT2D eigenvalue weighted by molar-refractivity contribution is 0.476. The van der Waals surface area contributed by atoms with E-state index in [-0.39, 0.29) is 0 Å². The highest BCUT2D eigenvalue weighted by Crippen LogP contribution is 2.33. The number of H-pyrrole nitrogens is 1. The Morgan fingerprint density at radius 2 is 1.15 bits per heavy atom. The lowest BCUT2D eigenvalue weighted by Crippen LogP contribution is -1.99. The number of unbranched alkanes of at least 4 members (excludes halogenated alkanes) is 17. The van der Waals surface area contributed by atoms with Crippen molar-refractivity contribution in [2.45, 2.75) is 134 Å². The number of nitrogens with zero attached hydrogens (tertiary/aromatic N) is 1. The number of aromatic amines is 1. The van der Waals surface area contributed by atoms with Gasteiger partial charge in [-0.1, -0.05) is 152 Å². The van der Waals surface area contributed by atoms with Crippen molar-refractivity contribution in [1.82, 2.24) is 9.97 Å². The summed E-state index contributed by atoms with van der Waals surface area (Å²) >= 11 is 0. The Morgan fingerprint density at radius 1 is 0.667 bits per heavy atom. The number of hydrogen-bond acceptors (Lipinski definition) is 3. The van der Waals surface area contributed by atoms with Crippen molar-refractivity contribution in [3.63, 3.8) is 0 Å². The largest absolute Gasteiger partial charge is 0.328 e. The fourth-order valence-electron chi connectivity index (χ4n) is 5.58. The van der Waals surface area contributed by atoms with E-state index in [1.54, 1.807) is 0 Å². The molecular weight excluding hydrogens is 504 g/mol. The summed E-state index contributed by atoms with van der Waals surface area (Å²) in [6, 6.07) is 13.9. The molecule has 0 bridgehead atoms. The SMILES string of the molecule is CCCCCCCCCCCCCCCCCCCCc1ccc2nc(S(=O)(=O)O)[nH]c2c1-c1ccccc1. The highest BCUT2D eigenvalue weighted by molar-refractivity contribution is 7.85. The topological polar surface area (TPSA) is 83.1 Å². The van der Waals surface area contributed by atoms with Crippen LogP contribution in [-0.4, -0.2) is 22.9 Å². The van der Waals surface area contributed by atoms with E-state index in [0.29, 0.717) is 11.0 Å². The van der Waals surface area contributed by atoms with Crippen LogP contribution in [0.4, 0.5) is 0 Å². The van der Waals surface area contributed by atoms with Gasteiger partial charge in [0.1, 0.15) is 0 Å². The van der Waals surface area contributed by atoms with Gasteiger partial charge in [0.25, 0.3) is 5.16 Å². The quantitative estimate of drug-likeness (QED) is 0.101. The third-order valence-electron chi connectivity index (χ3n) is 7.83. The third kappa shape index (κ3) is 11.1. The van der Waals surface area contributed by atoms with Crippen molar-refractivity contribution in [3.05, 3.63) is 48.0 Å². The average Bonchev–Trinajstić information content (AvgIpc) is 3.38. The maximum atomic E-state index is 11.7. The number of benzene rings is 2. The fourth-order valence-corrected chi connectivity index (χ4v) is 6.03. The van der Waals surface area contributed by atoms with Crippen LogP contribution in [0.5, 0.6) is 0 Å². The summed E-state index contributed by atoms with van der Waals surface area (Å²) in [6.45, 7) is 2.28. The molecule has 0 saturated heterocycles. The van der Waals surface area contributed by atoms with Gasteiger partial charge >= 0.3 is 10.1 Å². The van der Waals surface area contributed by atoms with E-state index in [9.17, 15) is 13.0 Å². The molecule has 3 aromatic rings. The van der Waals surface area contributed by atoms with E-state index < -0.39 is 15.3 Å². The van der Waals surface area contributed by atoms with E-state index in [1.807, 2.05) is 42.5 Å². The zero-order chi connectivity index (χ0) is 27.8. The number of aryl methyl sites for hydroxylation is 1. The molecule has 0 radical (unpaired) electrons. The summed E-state index contributed by atoms with van der Waals surface area (Å²) < 4.78 is 32.8. The first-order valence-corrected chi connectivity index (χ1v) is 17.0. The van der Waals surface area contributed by atoms with Crippen LogP contribution in [0, 0.1) is 0 Å². The summed E-state index contributed by atoms with van der Waals surface area (Å²) in [7, 11) is -4.39. The number of rotatable bonds is 21. The predicted molar refractivity (Wildman–Crippen MR) is 164 cm³/mol. The number of imidazole rings is 1. The Bertz CT molecular complexity index is 1190. The molecule has 0 atom stereocenters. The van der Waals surface area contributed by atoms with Crippen LogP contribution >= 0.6 is 0 Å². The first-order valence-electron chi connectivity index (χ1n) is 15.5. The second kappa shape index (κ2) is 17.5. The number of hydrogen-bond donors (Lipinski definition) is 2. The first-order chi connectivity index (χ1) is 19.0. The second-order valence-corrected chi connectivity index (χ2v) is 12.5. The second-order valence-electron chi connectivity index (χ2n) is 11.1. The van der Waals surface area contributed by atoms with E-state index in [4.69, 9.17) is 0 Å². The zero-order valence-corrected chi connectivity index (χ0v) is 24.9. The van der Waals surface area contributed by atoms with Gasteiger partial charge in [0.15, 0.2) is 0 Å². The van der Waals surface area contributed by atoms with Gasteiger partial charge in [-0.2, -0.15) is 8.42 Å². The Labute approximate surface area is 237 Å². The number of aromatic nitrogens is 2. The maximum Gasteiger partial charge on any atom is 0.328 e. The lowest BCUT2D eigenvalue weighted by atomic mass is 9.94. The smallest absolute Gasteiger partial charge is 0.326 e. The highest BCUT2D eigenvalue weighted by Gasteiger charge is 2.19. The standard InChI is InChI=1S/C33H50N2O3S/c1-2-3-4-5-6-7-8-9-10-11-12-13-14-15-16-17-18-20-25-29-26-27-30-32(35-33(34-30)39(36,37)38)31(29)28-23-21-19-22-24-28/h19,21-24,26-27H,2-18,20,25H2,1H3,(H,34,35)(H,36,37,38). The van der Waals surface area contributed by atoms with Crippen molar-refractivity contribution in [2.24, 2.45) is 0 Å². The molecule has 0 saturated carbocycles. The van der Waals surface area contributed by atoms with Gasteiger partial charge in [0.05, 0.1) is 11.0 Å². The molecule has 6 heteroatoms. The summed E-state index contributed by atoms with van der Waals surface area (Å²) in [5, 5.41) is -0.403. The first kappa shape index (κ1) is 31.3. The molecular formula is C33H50N2O3S. The third-order valence-corrected chi connectivity index (χ3v) is 8.51. The minimum Gasteiger partial charge on any atom is -0.326 e. The van der Waals surface area contributed by atoms with Crippen LogP contribution in [0.1, 0.15) is 128 Å². The van der Waals surface area contributed by atoms with Gasteiger partial charge in [-0.15, -0.1) is 0 Å². The summed E-state index contributed by atoms with van der Waals surface area (Å²) in [6.07, 6.45) is 25.4. The minimum atomic E-state index is -4.39. The molecule has 2 aromatic carbocycles. The van der Waals surface area contributed by atoms with Gasteiger partial charge in [-0.05, 0) is 30.0 Å². The molecule has 1 heterocycles. The van der Waals surface area contributed by atoms with Crippen molar-refractivity contribution in [3.8, 4) is 11.1 Å². The molecule has 3 rings (SSSR count). The Kier molecular flexibility index (Phi) is 14.1. The molecule has 0 aliphatic heterocycles. The summed E-state index contributed by atoms with van der Waals surface area (Å²) in [5.74, 6) is 0. The van der Waals surface area contributed by atoms with E-state index in [0.717, 1.165) is 24.0 Å². The highest BCUT2D eigenvalue weighted by atomic mass is 32.2. The van der Waals surface area contributed by atoms with Gasteiger partial charge < -0.3 is 4.98 Å². The van der Waals surface area contributed by atoms with E-state index in [2.05, 4.69) is 16.9 Å². The van der Waals surface area contributed by atoms with E-state index in [1.165, 1.54) is 115 Å². The van der Waals surface area contributed by atoms with Gasteiger partial charge in [0.2, 0.25) is 0 Å².